The van der Waals surface area contributed by atoms with Gasteiger partial charge in [-0.15, -0.1) is 0 Å². The number of carbonyl (C=O) groups excluding carboxylic acids is 1. The summed E-state index contributed by atoms with van der Waals surface area (Å²) in [4.78, 5) is 15.3. The lowest BCUT2D eigenvalue weighted by atomic mass is 10.0. The molecule has 0 bridgehead atoms. The molecule has 0 aliphatic heterocycles. The van der Waals surface area contributed by atoms with Crippen molar-refractivity contribution in [1.29, 1.82) is 0 Å². The van der Waals surface area contributed by atoms with E-state index in [1.54, 1.807) is 19.2 Å². The second kappa shape index (κ2) is 6.68. The number of amides is 1. The van der Waals surface area contributed by atoms with Crippen molar-refractivity contribution in [3.63, 3.8) is 0 Å². The summed E-state index contributed by atoms with van der Waals surface area (Å²) in [5.74, 6) is -0.657. The van der Waals surface area contributed by atoms with Crippen LogP contribution in [0.25, 0.3) is 10.9 Å². The van der Waals surface area contributed by atoms with Crippen LogP contribution in [0, 0.1) is 5.82 Å². The highest BCUT2D eigenvalue weighted by atomic mass is 19.1. The van der Waals surface area contributed by atoms with Crippen LogP contribution in [0.5, 0.6) is 0 Å². The summed E-state index contributed by atoms with van der Waals surface area (Å²) in [6, 6.07) is 5.67. The van der Waals surface area contributed by atoms with Gasteiger partial charge in [-0.2, -0.15) is 0 Å². The molecule has 1 fully saturated rings. The highest BCUT2D eigenvalue weighted by molar-refractivity contribution is 5.98. The number of carbonyl (C=O) groups is 1. The maximum Gasteiger partial charge on any atom is 0.268 e. The van der Waals surface area contributed by atoms with Gasteiger partial charge in [0.15, 0.2) is 0 Å². The van der Waals surface area contributed by atoms with Crippen molar-refractivity contribution < 1.29 is 19.0 Å². The van der Waals surface area contributed by atoms with Gasteiger partial charge < -0.3 is 20.1 Å². The quantitative estimate of drug-likeness (QED) is 0.760. The molecule has 1 aromatic carbocycles. The second-order valence-corrected chi connectivity index (χ2v) is 6.04. The molecule has 1 amide bonds. The molecule has 1 saturated carbocycles. The van der Waals surface area contributed by atoms with Gasteiger partial charge in [-0.05, 0) is 37.1 Å². The number of aromatic nitrogens is 1. The Kier molecular flexibility index (Phi) is 4.63. The van der Waals surface area contributed by atoms with E-state index in [4.69, 9.17) is 4.74 Å². The Hall–Kier alpha value is -1.92. The fraction of sp³-hybridized carbons (Fsp3) is 0.471. The van der Waals surface area contributed by atoms with E-state index in [0.717, 1.165) is 24.6 Å². The molecule has 1 aromatic heterocycles. The summed E-state index contributed by atoms with van der Waals surface area (Å²) in [7, 11) is 1.57. The maximum absolute atomic E-state index is 13.2. The van der Waals surface area contributed by atoms with Crippen molar-refractivity contribution in [3.8, 4) is 0 Å². The average Bonchev–Trinajstić information content (AvgIpc) is 2.88. The number of aliphatic hydroxyl groups excluding tert-OH is 1. The van der Waals surface area contributed by atoms with Crippen LogP contribution < -0.4 is 5.32 Å². The summed E-state index contributed by atoms with van der Waals surface area (Å²) in [5, 5.41) is 14.0. The van der Waals surface area contributed by atoms with Crippen molar-refractivity contribution in [3.05, 3.63) is 35.8 Å². The first-order chi connectivity index (χ1) is 11.1. The fourth-order valence-corrected chi connectivity index (χ4v) is 3.19. The lowest BCUT2D eigenvalue weighted by Crippen LogP contribution is -2.48. The summed E-state index contributed by atoms with van der Waals surface area (Å²) in [5.41, 5.74) is 0.933. The van der Waals surface area contributed by atoms with Crippen LogP contribution in [0.15, 0.2) is 24.3 Å². The van der Waals surface area contributed by atoms with E-state index < -0.39 is 6.10 Å². The number of hydrogen-bond donors (Lipinski definition) is 3. The molecule has 0 spiro atoms. The number of hydrogen-bond acceptors (Lipinski definition) is 3. The molecule has 5 nitrogen and oxygen atoms in total. The van der Waals surface area contributed by atoms with Gasteiger partial charge >= 0.3 is 0 Å². The van der Waals surface area contributed by atoms with Gasteiger partial charge in [-0.3, -0.25) is 4.79 Å². The molecule has 0 saturated heterocycles. The third-order valence-electron chi connectivity index (χ3n) is 4.50. The molecule has 6 heteroatoms. The molecule has 1 heterocycles. The van der Waals surface area contributed by atoms with Gasteiger partial charge in [0.1, 0.15) is 17.6 Å². The third kappa shape index (κ3) is 3.38. The first kappa shape index (κ1) is 16.0. The minimum atomic E-state index is -0.728. The van der Waals surface area contributed by atoms with Crippen molar-refractivity contribution in [2.45, 2.75) is 43.9 Å². The van der Waals surface area contributed by atoms with Gasteiger partial charge in [-0.25, -0.2) is 4.39 Å². The lowest BCUT2D eigenvalue weighted by molar-refractivity contribution is -0.0277. The van der Waals surface area contributed by atoms with E-state index in [2.05, 4.69) is 10.3 Å². The Morgan fingerprint density at radius 2 is 2.13 bits per heavy atom. The summed E-state index contributed by atoms with van der Waals surface area (Å²) >= 11 is 0. The molecule has 0 radical (unpaired) electrons. The minimum Gasteiger partial charge on any atom is -0.388 e. The Balaban J connectivity index is 1.76. The monoisotopic (exact) mass is 320 g/mol. The normalized spacial score (nSPS) is 25.3. The van der Waals surface area contributed by atoms with Crippen LogP contribution in [0.4, 0.5) is 4.39 Å². The molecule has 1 aliphatic carbocycles. The number of nitrogens with one attached hydrogen (secondary N) is 2. The molecule has 1 aliphatic rings. The van der Waals surface area contributed by atoms with E-state index in [0.29, 0.717) is 17.6 Å². The fourth-order valence-electron chi connectivity index (χ4n) is 3.19. The molecule has 23 heavy (non-hydrogen) atoms. The van der Waals surface area contributed by atoms with Crippen LogP contribution >= 0.6 is 0 Å². The number of benzene rings is 1. The van der Waals surface area contributed by atoms with E-state index in [1.165, 1.54) is 12.1 Å². The van der Waals surface area contributed by atoms with Crippen molar-refractivity contribution in [2.24, 2.45) is 0 Å². The van der Waals surface area contributed by atoms with Crippen LogP contribution in [-0.4, -0.2) is 41.4 Å². The Morgan fingerprint density at radius 3 is 2.91 bits per heavy atom. The van der Waals surface area contributed by atoms with Gasteiger partial charge in [0.2, 0.25) is 0 Å². The van der Waals surface area contributed by atoms with Crippen molar-refractivity contribution in [2.75, 3.05) is 7.11 Å². The van der Waals surface area contributed by atoms with Crippen LogP contribution in [-0.2, 0) is 4.74 Å². The Morgan fingerprint density at radius 1 is 1.35 bits per heavy atom. The Bertz CT molecular complexity index is 700. The summed E-state index contributed by atoms with van der Waals surface area (Å²) in [6.45, 7) is 0. The average molecular weight is 320 g/mol. The van der Waals surface area contributed by atoms with E-state index in [1.807, 2.05) is 0 Å². The van der Waals surface area contributed by atoms with Crippen molar-refractivity contribution in [1.82, 2.24) is 10.3 Å². The predicted octanol–water partition coefficient (Wildman–Crippen LogP) is 2.36. The number of aromatic amines is 1. The second-order valence-electron chi connectivity index (χ2n) is 6.04. The van der Waals surface area contributed by atoms with Crippen molar-refractivity contribution >= 4 is 16.8 Å². The molecule has 3 N–H and O–H groups in total. The molecule has 0 unspecified atom stereocenters. The van der Waals surface area contributed by atoms with Crippen LogP contribution in [0.3, 0.4) is 0 Å². The minimum absolute atomic E-state index is 0.264. The SMILES string of the molecule is CO[C@@H]1CCCC[C@@H](NC(=O)c2cc3ccc(F)cc3[nH]2)[C@H]1O. The van der Waals surface area contributed by atoms with E-state index in [9.17, 15) is 14.3 Å². The first-order valence-corrected chi connectivity index (χ1v) is 7.88. The van der Waals surface area contributed by atoms with Gasteiger partial charge in [-0.1, -0.05) is 12.8 Å². The number of H-pyrrole nitrogens is 1. The largest absolute Gasteiger partial charge is 0.388 e. The summed E-state index contributed by atoms with van der Waals surface area (Å²) < 4.78 is 18.5. The smallest absolute Gasteiger partial charge is 0.268 e. The zero-order valence-corrected chi connectivity index (χ0v) is 13.0. The highest BCUT2D eigenvalue weighted by Gasteiger charge is 2.31. The van der Waals surface area contributed by atoms with Gasteiger partial charge in [0.25, 0.3) is 5.91 Å². The van der Waals surface area contributed by atoms with Crippen LogP contribution in [0.2, 0.25) is 0 Å². The van der Waals surface area contributed by atoms with E-state index in [-0.39, 0.29) is 23.9 Å². The number of rotatable bonds is 3. The molecule has 3 rings (SSSR count). The van der Waals surface area contributed by atoms with E-state index >= 15 is 0 Å². The third-order valence-corrected chi connectivity index (χ3v) is 4.50. The first-order valence-electron chi connectivity index (χ1n) is 7.88. The number of aliphatic hydroxyl groups is 1. The maximum atomic E-state index is 13.2. The standard InChI is InChI=1S/C17H21FN2O3/c1-23-15-5-3-2-4-12(16(15)21)20-17(22)14-8-10-6-7-11(18)9-13(10)19-14/h6-9,12,15-16,19,21H,2-5H2,1H3,(H,20,22)/t12-,15-,16-/m1/s1. The number of methoxy groups -OCH3 is 1. The zero-order chi connectivity index (χ0) is 16.4. The number of ether oxygens (including phenoxy) is 1. The number of fused-ring (bicyclic) bond motifs is 1. The lowest BCUT2D eigenvalue weighted by Gasteiger charge is -2.26. The van der Waals surface area contributed by atoms with Crippen LogP contribution in [0.1, 0.15) is 36.2 Å². The Labute approximate surface area is 133 Å². The molecule has 2 aromatic rings. The van der Waals surface area contributed by atoms with Gasteiger partial charge in [0.05, 0.1) is 12.1 Å². The molecular formula is C17H21FN2O3. The summed E-state index contributed by atoms with van der Waals surface area (Å²) in [6.07, 6.45) is 2.40. The molecular weight excluding hydrogens is 299 g/mol. The highest BCUT2D eigenvalue weighted by Crippen LogP contribution is 2.22. The zero-order valence-electron chi connectivity index (χ0n) is 13.0. The molecule has 3 atom stereocenters. The number of halogens is 1. The molecule has 124 valence electrons. The topological polar surface area (TPSA) is 74.3 Å². The van der Waals surface area contributed by atoms with Gasteiger partial charge in [0, 0.05) is 18.0 Å². The predicted molar refractivity (Wildman–Crippen MR) is 84.8 cm³/mol.